The summed E-state index contributed by atoms with van der Waals surface area (Å²) in [6, 6.07) is 0. The van der Waals surface area contributed by atoms with E-state index in [9.17, 15) is 0 Å². The molecule has 0 aromatic rings. The Morgan fingerprint density at radius 2 is 2.00 bits per heavy atom. The van der Waals surface area contributed by atoms with Crippen LogP contribution in [0.5, 0.6) is 0 Å². The number of likely N-dealkylation sites (tertiary alicyclic amines) is 1. The highest BCUT2D eigenvalue weighted by Gasteiger charge is 2.17. The monoisotopic (exact) mass is 199 g/mol. The van der Waals surface area contributed by atoms with E-state index in [1.807, 2.05) is 0 Å². The molecule has 1 fully saturated rings. The molecule has 0 unspecified atom stereocenters. The maximum Gasteiger partial charge on any atom is 0.0452 e. The maximum absolute atomic E-state index is 5.55. The summed E-state index contributed by atoms with van der Waals surface area (Å²) in [5.41, 5.74) is 5.55. The summed E-state index contributed by atoms with van der Waals surface area (Å²) in [6.45, 7) is 7.92. The number of hydrogen-bond donors (Lipinski definition) is 1. The molecule has 14 heavy (non-hydrogen) atoms. The van der Waals surface area contributed by atoms with E-state index in [2.05, 4.69) is 23.8 Å². The fourth-order valence-corrected chi connectivity index (χ4v) is 2.09. The van der Waals surface area contributed by atoms with Gasteiger partial charge in [-0.15, -0.1) is 0 Å². The molecule has 0 bridgehead atoms. The third kappa shape index (κ3) is 3.95. The fraction of sp³-hybridized carbons (Fsp3) is 1.00. The molecule has 1 saturated heterocycles. The molecule has 0 aromatic heterocycles. The van der Waals surface area contributed by atoms with Gasteiger partial charge in [-0.1, -0.05) is 6.92 Å². The van der Waals surface area contributed by atoms with Crippen molar-refractivity contribution in [3.05, 3.63) is 0 Å². The van der Waals surface area contributed by atoms with Crippen molar-refractivity contribution in [3.63, 3.8) is 0 Å². The Kier molecular flexibility index (Phi) is 5.45. The van der Waals surface area contributed by atoms with Gasteiger partial charge in [0.1, 0.15) is 0 Å². The van der Waals surface area contributed by atoms with E-state index in [0.29, 0.717) is 6.67 Å². The molecule has 0 atom stereocenters. The Morgan fingerprint density at radius 3 is 2.50 bits per heavy atom. The van der Waals surface area contributed by atoms with E-state index >= 15 is 0 Å². The van der Waals surface area contributed by atoms with Gasteiger partial charge in [-0.05, 0) is 58.4 Å². The van der Waals surface area contributed by atoms with Gasteiger partial charge in [0.2, 0.25) is 0 Å². The summed E-state index contributed by atoms with van der Waals surface area (Å²) in [6.07, 6.45) is 4.09. The molecule has 1 aliphatic heterocycles. The zero-order valence-electron chi connectivity index (χ0n) is 9.71. The predicted octanol–water partition coefficient (Wildman–Crippen LogP) is 0.956. The fourth-order valence-electron chi connectivity index (χ4n) is 2.09. The van der Waals surface area contributed by atoms with Gasteiger partial charge in [-0.25, -0.2) is 0 Å². The van der Waals surface area contributed by atoms with Crippen LogP contribution in [-0.4, -0.2) is 49.7 Å². The lowest BCUT2D eigenvalue weighted by Crippen LogP contribution is -2.35. The SMILES string of the molecule is CCN1CCC(CCN(C)CN)CC1. The first-order chi connectivity index (χ1) is 6.76. The third-order valence-electron chi connectivity index (χ3n) is 3.39. The van der Waals surface area contributed by atoms with Crippen LogP contribution >= 0.6 is 0 Å². The first-order valence-corrected chi connectivity index (χ1v) is 5.87. The smallest absolute Gasteiger partial charge is 0.0452 e. The van der Waals surface area contributed by atoms with Gasteiger partial charge < -0.3 is 10.6 Å². The van der Waals surface area contributed by atoms with Crippen LogP contribution in [0.2, 0.25) is 0 Å². The quantitative estimate of drug-likeness (QED) is 0.669. The average Bonchev–Trinajstić information content (AvgIpc) is 2.26. The number of hydrogen-bond acceptors (Lipinski definition) is 3. The summed E-state index contributed by atoms with van der Waals surface area (Å²) >= 11 is 0. The van der Waals surface area contributed by atoms with Crippen molar-refractivity contribution in [1.29, 1.82) is 0 Å². The molecule has 2 N–H and O–H groups in total. The molecule has 1 rings (SSSR count). The number of rotatable bonds is 5. The molecule has 0 amide bonds. The number of nitrogens with two attached hydrogens (primary N) is 1. The van der Waals surface area contributed by atoms with Crippen LogP contribution < -0.4 is 5.73 Å². The summed E-state index contributed by atoms with van der Waals surface area (Å²) in [7, 11) is 2.10. The molecule has 0 spiro atoms. The first-order valence-electron chi connectivity index (χ1n) is 5.87. The zero-order chi connectivity index (χ0) is 10.4. The first kappa shape index (κ1) is 12.0. The largest absolute Gasteiger partial charge is 0.318 e. The van der Waals surface area contributed by atoms with Crippen molar-refractivity contribution in [3.8, 4) is 0 Å². The molecule has 3 nitrogen and oxygen atoms in total. The van der Waals surface area contributed by atoms with Crippen molar-refractivity contribution in [2.75, 3.05) is 39.9 Å². The minimum atomic E-state index is 0.688. The number of nitrogens with zero attached hydrogens (tertiary/aromatic N) is 2. The van der Waals surface area contributed by atoms with Gasteiger partial charge >= 0.3 is 0 Å². The molecule has 0 aliphatic carbocycles. The van der Waals surface area contributed by atoms with Crippen LogP contribution in [0, 0.1) is 5.92 Å². The Balaban J connectivity index is 2.10. The van der Waals surface area contributed by atoms with E-state index in [1.165, 1.54) is 38.9 Å². The van der Waals surface area contributed by atoms with Crippen molar-refractivity contribution < 1.29 is 0 Å². The Bertz CT molecular complexity index is 141. The second-order valence-corrected chi connectivity index (χ2v) is 4.43. The molecule has 0 radical (unpaired) electrons. The molecule has 0 saturated carbocycles. The zero-order valence-corrected chi connectivity index (χ0v) is 9.71. The highest BCUT2D eigenvalue weighted by atomic mass is 15.1. The van der Waals surface area contributed by atoms with Gasteiger partial charge in [0, 0.05) is 6.67 Å². The summed E-state index contributed by atoms with van der Waals surface area (Å²) in [5.74, 6) is 0.937. The van der Waals surface area contributed by atoms with Gasteiger partial charge in [-0.2, -0.15) is 0 Å². The van der Waals surface area contributed by atoms with E-state index in [1.54, 1.807) is 0 Å². The van der Waals surface area contributed by atoms with Gasteiger partial charge in [-0.3, -0.25) is 4.90 Å². The van der Waals surface area contributed by atoms with Crippen LogP contribution in [0.3, 0.4) is 0 Å². The molecule has 0 aromatic carbocycles. The van der Waals surface area contributed by atoms with Gasteiger partial charge in [0.15, 0.2) is 0 Å². The molecule has 1 aliphatic rings. The van der Waals surface area contributed by atoms with E-state index in [-0.39, 0.29) is 0 Å². The highest BCUT2D eigenvalue weighted by molar-refractivity contribution is 4.72. The Labute approximate surface area is 88.2 Å². The lowest BCUT2D eigenvalue weighted by atomic mass is 9.93. The van der Waals surface area contributed by atoms with Crippen molar-refractivity contribution >= 4 is 0 Å². The minimum absolute atomic E-state index is 0.688. The van der Waals surface area contributed by atoms with Crippen LogP contribution in [0.15, 0.2) is 0 Å². The number of piperidine rings is 1. The van der Waals surface area contributed by atoms with E-state index in [4.69, 9.17) is 5.73 Å². The average molecular weight is 199 g/mol. The van der Waals surface area contributed by atoms with Crippen molar-refractivity contribution in [2.45, 2.75) is 26.2 Å². The topological polar surface area (TPSA) is 32.5 Å². The predicted molar refractivity (Wildman–Crippen MR) is 61.1 cm³/mol. The molecule has 84 valence electrons. The normalized spacial score (nSPS) is 20.6. The maximum atomic E-state index is 5.55. The Hall–Kier alpha value is -0.120. The summed E-state index contributed by atoms with van der Waals surface area (Å²) in [5, 5.41) is 0. The molecule has 3 heteroatoms. The van der Waals surface area contributed by atoms with Crippen molar-refractivity contribution in [1.82, 2.24) is 9.80 Å². The van der Waals surface area contributed by atoms with Crippen LogP contribution in [0.1, 0.15) is 26.2 Å². The Morgan fingerprint density at radius 1 is 1.36 bits per heavy atom. The molecular formula is C11H25N3. The van der Waals surface area contributed by atoms with Gasteiger partial charge in [0.25, 0.3) is 0 Å². The minimum Gasteiger partial charge on any atom is -0.318 e. The van der Waals surface area contributed by atoms with Crippen molar-refractivity contribution in [2.24, 2.45) is 11.7 Å². The van der Waals surface area contributed by atoms with E-state index < -0.39 is 0 Å². The van der Waals surface area contributed by atoms with Crippen LogP contribution in [-0.2, 0) is 0 Å². The lowest BCUT2D eigenvalue weighted by molar-refractivity contribution is 0.176. The van der Waals surface area contributed by atoms with E-state index in [0.717, 1.165) is 12.5 Å². The summed E-state index contributed by atoms with van der Waals surface area (Å²) in [4.78, 5) is 4.75. The van der Waals surface area contributed by atoms with Crippen LogP contribution in [0.25, 0.3) is 0 Å². The summed E-state index contributed by atoms with van der Waals surface area (Å²) < 4.78 is 0. The third-order valence-corrected chi connectivity index (χ3v) is 3.39. The van der Waals surface area contributed by atoms with Gasteiger partial charge in [0.05, 0.1) is 0 Å². The van der Waals surface area contributed by atoms with Crippen LogP contribution in [0.4, 0.5) is 0 Å². The standard InChI is InChI=1S/C11H25N3/c1-3-14-8-5-11(6-9-14)4-7-13(2)10-12/h11H,3-10,12H2,1-2H3. The second kappa shape index (κ2) is 6.38. The second-order valence-electron chi connectivity index (χ2n) is 4.43. The molecule has 1 heterocycles. The highest BCUT2D eigenvalue weighted by Crippen LogP contribution is 2.20. The molecular weight excluding hydrogens is 174 g/mol. The lowest BCUT2D eigenvalue weighted by Gasteiger charge is -2.31.